The van der Waals surface area contributed by atoms with E-state index in [4.69, 9.17) is 22.1 Å². The van der Waals surface area contributed by atoms with Crippen molar-refractivity contribution < 1.29 is 4.74 Å². The lowest BCUT2D eigenvalue weighted by Crippen LogP contribution is -2.21. The van der Waals surface area contributed by atoms with Gasteiger partial charge in [-0.05, 0) is 31.2 Å². The van der Waals surface area contributed by atoms with Gasteiger partial charge in [-0.3, -0.25) is 5.10 Å². The number of benzene rings is 1. The molecular formula is C14H17ClN4O. The minimum Gasteiger partial charge on any atom is -0.487 e. The van der Waals surface area contributed by atoms with Gasteiger partial charge in [0.2, 0.25) is 0 Å². The molecule has 0 amide bonds. The number of H-pyrrole nitrogens is 1. The molecule has 2 heterocycles. The Hall–Kier alpha value is -1.72. The summed E-state index contributed by atoms with van der Waals surface area (Å²) in [6, 6.07) is 5.69. The van der Waals surface area contributed by atoms with Crippen molar-refractivity contribution in [1.29, 1.82) is 0 Å². The number of ether oxygens (including phenoxy) is 1. The van der Waals surface area contributed by atoms with Crippen LogP contribution in [0, 0.1) is 0 Å². The molecule has 1 aromatic carbocycles. The van der Waals surface area contributed by atoms with Crippen LogP contribution in [0.4, 0.5) is 5.82 Å². The third-order valence-electron chi connectivity index (χ3n) is 3.55. The Morgan fingerprint density at radius 2 is 2.35 bits per heavy atom. The number of halogens is 1. The summed E-state index contributed by atoms with van der Waals surface area (Å²) < 4.78 is 5.95. The van der Waals surface area contributed by atoms with Crippen molar-refractivity contribution in [2.75, 3.05) is 25.9 Å². The molecule has 1 saturated heterocycles. The molecule has 1 aliphatic rings. The molecule has 1 fully saturated rings. The van der Waals surface area contributed by atoms with Crippen LogP contribution in [0.5, 0.6) is 5.75 Å². The van der Waals surface area contributed by atoms with Crippen molar-refractivity contribution in [1.82, 2.24) is 15.1 Å². The van der Waals surface area contributed by atoms with E-state index >= 15 is 0 Å². The van der Waals surface area contributed by atoms with Crippen molar-refractivity contribution in [2.45, 2.75) is 12.5 Å². The molecule has 5 nitrogen and oxygen atoms in total. The molecule has 20 heavy (non-hydrogen) atoms. The van der Waals surface area contributed by atoms with E-state index in [2.05, 4.69) is 22.1 Å². The van der Waals surface area contributed by atoms with Gasteiger partial charge in [0, 0.05) is 18.7 Å². The molecule has 3 N–H and O–H groups in total. The van der Waals surface area contributed by atoms with E-state index in [9.17, 15) is 0 Å². The van der Waals surface area contributed by atoms with E-state index in [1.807, 2.05) is 18.2 Å². The second-order valence-electron chi connectivity index (χ2n) is 5.13. The van der Waals surface area contributed by atoms with Crippen LogP contribution in [0.2, 0.25) is 5.02 Å². The molecule has 1 aromatic heterocycles. The summed E-state index contributed by atoms with van der Waals surface area (Å²) in [5.41, 5.74) is 7.58. The van der Waals surface area contributed by atoms with E-state index in [1.165, 1.54) is 0 Å². The highest BCUT2D eigenvalue weighted by Gasteiger charge is 2.21. The van der Waals surface area contributed by atoms with Crippen LogP contribution in [0.1, 0.15) is 6.42 Å². The molecule has 0 saturated carbocycles. The number of rotatable bonds is 3. The average molecular weight is 293 g/mol. The highest BCUT2D eigenvalue weighted by Crippen LogP contribution is 2.33. The fourth-order valence-corrected chi connectivity index (χ4v) is 2.69. The predicted molar refractivity (Wildman–Crippen MR) is 80.0 cm³/mol. The van der Waals surface area contributed by atoms with E-state index < -0.39 is 0 Å². The van der Waals surface area contributed by atoms with E-state index in [0.717, 1.165) is 36.4 Å². The third kappa shape index (κ3) is 2.59. The zero-order valence-electron chi connectivity index (χ0n) is 11.3. The van der Waals surface area contributed by atoms with Crippen LogP contribution in [-0.2, 0) is 0 Å². The van der Waals surface area contributed by atoms with Crippen LogP contribution < -0.4 is 10.5 Å². The number of nitrogen functional groups attached to an aromatic ring is 1. The molecule has 106 valence electrons. The molecule has 1 aliphatic heterocycles. The Labute approximate surface area is 122 Å². The summed E-state index contributed by atoms with van der Waals surface area (Å²) >= 11 is 6.30. The van der Waals surface area contributed by atoms with Gasteiger partial charge in [-0.2, -0.15) is 5.10 Å². The second kappa shape index (κ2) is 5.34. The van der Waals surface area contributed by atoms with Crippen LogP contribution in [0.25, 0.3) is 11.1 Å². The predicted octanol–water partition coefficient (Wildman–Crippen LogP) is 2.40. The fraction of sp³-hybridized carbons (Fsp3) is 0.357. The summed E-state index contributed by atoms with van der Waals surface area (Å²) in [5.74, 6) is 1.25. The van der Waals surface area contributed by atoms with E-state index in [-0.39, 0.29) is 6.10 Å². The first-order chi connectivity index (χ1) is 9.63. The van der Waals surface area contributed by atoms with Crippen molar-refractivity contribution in [3.63, 3.8) is 0 Å². The molecule has 0 bridgehead atoms. The van der Waals surface area contributed by atoms with Crippen LogP contribution >= 0.6 is 11.6 Å². The molecule has 1 unspecified atom stereocenters. The maximum atomic E-state index is 6.30. The number of anilines is 1. The maximum Gasteiger partial charge on any atom is 0.138 e. The zero-order chi connectivity index (χ0) is 14.1. The van der Waals surface area contributed by atoms with Gasteiger partial charge in [0.1, 0.15) is 17.7 Å². The number of hydrogen-bond donors (Lipinski definition) is 2. The van der Waals surface area contributed by atoms with Crippen LogP contribution in [0.3, 0.4) is 0 Å². The number of aromatic amines is 1. The van der Waals surface area contributed by atoms with Gasteiger partial charge in [-0.1, -0.05) is 17.7 Å². The minimum atomic E-state index is 0.211. The molecule has 0 radical (unpaired) electrons. The molecular weight excluding hydrogens is 276 g/mol. The topological polar surface area (TPSA) is 67.2 Å². The van der Waals surface area contributed by atoms with Gasteiger partial charge in [-0.25, -0.2) is 0 Å². The molecule has 2 aromatic rings. The summed E-state index contributed by atoms with van der Waals surface area (Å²) in [6.45, 7) is 2.00. The lowest BCUT2D eigenvalue weighted by molar-refractivity contribution is 0.208. The first-order valence-corrected chi connectivity index (χ1v) is 6.95. The molecule has 0 aliphatic carbocycles. The number of aromatic nitrogens is 2. The highest BCUT2D eigenvalue weighted by atomic mass is 35.5. The number of nitrogens with one attached hydrogen (secondary N) is 1. The monoisotopic (exact) mass is 292 g/mol. The normalized spacial score (nSPS) is 19.4. The third-order valence-corrected chi connectivity index (χ3v) is 3.85. The van der Waals surface area contributed by atoms with E-state index in [1.54, 1.807) is 6.20 Å². The summed E-state index contributed by atoms with van der Waals surface area (Å²) in [4.78, 5) is 2.25. The lowest BCUT2D eigenvalue weighted by atomic mass is 10.1. The highest BCUT2D eigenvalue weighted by molar-refractivity contribution is 6.32. The molecule has 6 heteroatoms. The summed E-state index contributed by atoms with van der Waals surface area (Å²) in [5, 5.41) is 7.22. The standard InChI is InChI=1S/C14H17ClN4O/c1-19-5-4-10(8-19)20-13-3-2-9(6-12(13)15)11-7-17-18-14(11)16/h2-3,6-7,10H,4-5,8H2,1H3,(H3,16,17,18). The Morgan fingerprint density at radius 3 is 2.95 bits per heavy atom. The number of nitrogens with two attached hydrogens (primary N) is 1. The van der Waals surface area contributed by atoms with Gasteiger partial charge < -0.3 is 15.4 Å². The minimum absolute atomic E-state index is 0.211. The van der Waals surface area contributed by atoms with Gasteiger partial charge in [0.15, 0.2) is 0 Å². The van der Waals surface area contributed by atoms with Gasteiger partial charge in [-0.15, -0.1) is 0 Å². The Balaban J connectivity index is 1.79. The number of likely N-dealkylation sites (N-methyl/N-ethyl adjacent to an activating group) is 1. The quantitative estimate of drug-likeness (QED) is 0.911. The van der Waals surface area contributed by atoms with Crippen molar-refractivity contribution >= 4 is 17.4 Å². The van der Waals surface area contributed by atoms with Gasteiger partial charge >= 0.3 is 0 Å². The fourth-order valence-electron chi connectivity index (χ4n) is 2.46. The van der Waals surface area contributed by atoms with Crippen molar-refractivity contribution in [2.24, 2.45) is 0 Å². The summed E-state index contributed by atoms with van der Waals surface area (Å²) in [6.07, 6.45) is 2.93. The van der Waals surface area contributed by atoms with Crippen LogP contribution in [0.15, 0.2) is 24.4 Å². The number of likely N-dealkylation sites (tertiary alicyclic amines) is 1. The Morgan fingerprint density at radius 1 is 1.50 bits per heavy atom. The zero-order valence-corrected chi connectivity index (χ0v) is 12.0. The Kier molecular flexibility index (Phi) is 3.54. The Bertz CT molecular complexity index is 613. The largest absolute Gasteiger partial charge is 0.487 e. The van der Waals surface area contributed by atoms with Gasteiger partial charge in [0.05, 0.1) is 11.2 Å². The smallest absolute Gasteiger partial charge is 0.138 e. The molecule has 0 spiro atoms. The van der Waals surface area contributed by atoms with Crippen molar-refractivity contribution in [3.8, 4) is 16.9 Å². The SMILES string of the molecule is CN1CCC(Oc2ccc(-c3cn[nH]c3N)cc2Cl)C1. The molecule has 3 rings (SSSR count). The molecule has 1 atom stereocenters. The first-order valence-electron chi connectivity index (χ1n) is 6.57. The van der Waals surface area contributed by atoms with E-state index in [0.29, 0.717) is 10.8 Å². The maximum absolute atomic E-state index is 6.30. The lowest BCUT2D eigenvalue weighted by Gasteiger charge is -2.15. The van der Waals surface area contributed by atoms with Crippen molar-refractivity contribution in [3.05, 3.63) is 29.4 Å². The number of nitrogens with zero attached hydrogens (tertiary/aromatic N) is 2. The first kappa shape index (κ1) is 13.3. The van der Waals surface area contributed by atoms with Crippen LogP contribution in [-0.4, -0.2) is 41.3 Å². The average Bonchev–Trinajstić information content (AvgIpc) is 3.01. The van der Waals surface area contributed by atoms with Gasteiger partial charge in [0.25, 0.3) is 0 Å². The number of hydrogen-bond acceptors (Lipinski definition) is 4. The second-order valence-corrected chi connectivity index (χ2v) is 5.54. The summed E-state index contributed by atoms with van der Waals surface area (Å²) in [7, 11) is 2.09.